The lowest BCUT2D eigenvalue weighted by molar-refractivity contribution is -0.0718. The van der Waals surface area contributed by atoms with Crippen LogP contribution in [0.15, 0.2) is 24.3 Å². The third-order valence-electron chi connectivity index (χ3n) is 5.13. The van der Waals surface area contributed by atoms with Crippen LogP contribution in [0.25, 0.3) is 0 Å². The Morgan fingerprint density at radius 3 is 2.75 bits per heavy atom. The van der Waals surface area contributed by atoms with Gasteiger partial charge in [0.1, 0.15) is 0 Å². The van der Waals surface area contributed by atoms with Gasteiger partial charge in [-0.3, -0.25) is 0 Å². The average Bonchev–Trinajstić information content (AvgIpc) is 2.82. The minimum Gasteiger partial charge on any atom is -0.374 e. The first-order valence-corrected chi connectivity index (χ1v) is 11.0. The molecule has 0 saturated carbocycles. The second-order valence-electron chi connectivity index (χ2n) is 7.12. The Morgan fingerprint density at radius 2 is 2.12 bits per heavy atom. The fourth-order valence-electron chi connectivity index (χ4n) is 3.95. The fourth-order valence-corrected chi connectivity index (χ4v) is 6.05. The highest BCUT2D eigenvalue weighted by Gasteiger charge is 2.46. The van der Waals surface area contributed by atoms with Gasteiger partial charge in [-0.15, -0.1) is 0 Å². The number of nitrogens with one attached hydrogen (secondary N) is 1. The van der Waals surface area contributed by atoms with E-state index in [1.807, 2.05) is 12.1 Å². The summed E-state index contributed by atoms with van der Waals surface area (Å²) in [6.07, 6.45) is 4.47. The molecule has 1 aromatic carbocycles. The van der Waals surface area contributed by atoms with E-state index in [-0.39, 0.29) is 17.5 Å². The molecular formula is C18H26ClNO3S. The first kappa shape index (κ1) is 18.2. The van der Waals surface area contributed by atoms with Crippen LogP contribution in [0.1, 0.15) is 50.6 Å². The first-order chi connectivity index (χ1) is 11.4. The van der Waals surface area contributed by atoms with Crippen molar-refractivity contribution in [1.29, 1.82) is 0 Å². The highest BCUT2D eigenvalue weighted by atomic mass is 35.5. The zero-order valence-corrected chi connectivity index (χ0v) is 15.7. The molecule has 3 rings (SSSR count). The number of halogens is 1. The van der Waals surface area contributed by atoms with Crippen molar-refractivity contribution >= 4 is 21.4 Å². The SMILES string of the molecule is CCC[C@H](N[C@@H]1CCO[C@@]2(CCS(=O)(=O)C2)C1)c1ccc(Cl)cc1. The van der Waals surface area contributed by atoms with Gasteiger partial charge in [0.15, 0.2) is 9.84 Å². The molecule has 2 heterocycles. The molecule has 0 bridgehead atoms. The normalized spacial score (nSPS) is 30.5. The lowest BCUT2D eigenvalue weighted by atomic mass is 9.88. The maximum atomic E-state index is 11.9. The van der Waals surface area contributed by atoms with Gasteiger partial charge in [-0.05, 0) is 43.4 Å². The van der Waals surface area contributed by atoms with Crippen LogP contribution >= 0.6 is 11.6 Å². The third kappa shape index (κ3) is 4.31. The Bertz CT molecular complexity index is 661. The van der Waals surface area contributed by atoms with Crippen molar-refractivity contribution in [2.24, 2.45) is 0 Å². The summed E-state index contributed by atoms with van der Waals surface area (Å²) in [5.41, 5.74) is 0.770. The minimum absolute atomic E-state index is 0.178. The number of rotatable bonds is 5. The second-order valence-corrected chi connectivity index (χ2v) is 9.74. The zero-order valence-electron chi connectivity index (χ0n) is 14.1. The summed E-state index contributed by atoms with van der Waals surface area (Å²) < 4.78 is 29.7. The molecule has 4 nitrogen and oxygen atoms in total. The molecule has 2 saturated heterocycles. The minimum atomic E-state index is -2.94. The molecule has 0 unspecified atom stereocenters. The Hall–Kier alpha value is -0.620. The Morgan fingerprint density at radius 1 is 1.38 bits per heavy atom. The number of benzene rings is 1. The average molecular weight is 372 g/mol. The van der Waals surface area contributed by atoms with Gasteiger partial charge < -0.3 is 10.1 Å². The largest absolute Gasteiger partial charge is 0.374 e. The fraction of sp³-hybridized carbons (Fsp3) is 0.667. The summed E-state index contributed by atoms with van der Waals surface area (Å²) in [6, 6.07) is 8.56. The van der Waals surface area contributed by atoms with Crippen molar-refractivity contribution in [1.82, 2.24) is 5.32 Å². The molecule has 3 atom stereocenters. The molecule has 2 aliphatic rings. The molecule has 2 aliphatic heterocycles. The molecular weight excluding hydrogens is 346 g/mol. The van der Waals surface area contributed by atoms with Crippen LogP contribution in [-0.2, 0) is 14.6 Å². The standard InChI is InChI=1S/C18H26ClNO3S/c1-2-3-17(14-4-6-15(19)7-5-14)20-16-8-10-23-18(12-16)9-11-24(21,22)13-18/h4-7,16-17,20H,2-3,8-13H2,1H3/t16-,17+,18+/m1/s1. The monoisotopic (exact) mass is 371 g/mol. The van der Waals surface area contributed by atoms with Crippen molar-refractivity contribution in [2.45, 2.75) is 56.7 Å². The summed E-state index contributed by atoms with van der Waals surface area (Å²) in [7, 11) is -2.94. The van der Waals surface area contributed by atoms with Crippen molar-refractivity contribution in [3.63, 3.8) is 0 Å². The molecule has 2 fully saturated rings. The summed E-state index contributed by atoms with van der Waals surface area (Å²) in [4.78, 5) is 0. The zero-order chi connectivity index (χ0) is 17.2. The molecule has 0 aliphatic carbocycles. The summed E-state index contributed by atoms with van der Waals surface area (Å²) in [6.45, 7) is 2.81. The van der Waals surface area contributed by atoms with Gasteiger partial charge in [-0.1, -0.05) is 37.1 Å². The van der Waals surface area contributed by atoms with E-state index in [1.54, 1.807) is 0 Å². The van der Waals surface area contributed by atoms with E-state index >= 15 is 0 Å². The highest BCUT2D eigenvalue weighted by molar-refractivity contribution is 7.91. The third-order valence-corrected chi connectivity index (χ3v) is 7.18. The predicted molar refractivity (Wildman–Crippen MR) is 97.2 cm³/mol. The maximum absolute atomic E-state index is 11.9. The number of hydrogen-bond acceptors (Lipinski definition) is 4. The Kier molecular flexibility index (Phi) is 5.55. The molecule has 24 heavy (non-hydrogen) atoms. The second kappa shape index (κ2) is 7.32. The lowest BCUT2D eigenvalue weighted by Gasteiger charge is -2.39. The van der Waals surface area contributed by atoms with Crippen LogP contribution in [0, 0.1) is 0 Å². The van der Waals surface area contributed by atoms with Crippen LogP contribution in [0.4, 0.5) is 0 Å². The number of ether oxygens (including phenoxy) is 1. The molecule has 6 heteroatoms. The maximum Gasteiger partial charge on any atom is 0.153 e. The van der Waals surface area contributed by atoms with Crippen LogP contribution in [0.5, 0.6) is 0 Å². The van der Waals surface area contributed by atoms with Crippen LogP contribution in [0.2, 0.25) is 5.02 Å². The van der Waals surface area contributed by atoms with Crippen LogP contribution < -0.4 is 5.32 Å². The highest BCUT2D eigenvalue weighted by Crippen LogP contribution is 2.36. The van der Waals surface area contributed by atoms with Crippen LogP contribution in [-0.4, -0.2) is 38.2 Å². The Balaban J connectivity index is 1.69. The molecule has 1 N–H and O–H groups in total. The Labute approximate surface area is 149 Å². The predicted octanol–water partition coefficient (Wildman–Crippen LogP) is 3.51. The van der Waals surface area contributed by atoms with Crippen molar-refractivity contribution in [3.05, 3.63) is 34.9 Å². The van der Waals surface area contributed by atoms with E-state index in [1.165, 1.54) is 5.56 Å². The van der Waals surface area contributed by atoms with E-state index in [0.717, 1.165) is 30.7 Å². The molecule has 0 radical (unpaired) electrons. The summed E-state index contributed by atoms with van der Waals surface area (Å²) in [5.74, 6) is 0.437. The van der Waals surface area contributed by atoms with Gasteiger partial charge in [-0.25, -0.2) is 8.42 Å². The van der Waals surface area contributed by atoms with Gasteiger partial charge in [0.05, 0.1) is 17.1 Å². The quantitative estimate of drug-likeness (QED) is 0.860. The van der Waals surface area contributed by atoms with Crippen molar-refractivity contribution in [2.75, 3.05) is 18.1 Å². The smallest absolute Gasteiger partial charge is 0.153 e. The molecule has 134 valence electrons. The molecule has 0 aromatic heterocycles. The summed E-state index contributed by atoms with van der Waals surface area (Å²) >= 11 is 6.00. The van der Waals surface area contributed by atoms with Crippen molar-refractivity contribution in [3.8, 4) is 0 Å². The van der Waals surface area contributed by atoms with E-state index in [2.05, 4.69) is 24.4 Å². The van der Waals surface area contributed by atoms with Gasteiger partial charge in [0.25, 0.3) is 0 Å². The van der Waals surface area contributed by atoms with Crippen LogP contribution in [0.3, 0.4) is 0 Å². The summed E-state index contributed by atoms with van der Waals surface area (Å²) in [5, 5.41) is 4.50. The van der Waals surface area contributed by atoms with Gasteiger partial charge in [0, 0.05) is 23.7 Å². The molecule has 0 amide bonds. The van der Waals surface area contributed by atoms with E-state index < -0.39 is 15.4 Å². The first-order valence-electron chi connectivity index (χ1n) is 8.77. The van der Waals surface area contributed by atoms with Gasteiger partial charge in [-0.2, -0.15) is 0 Å². The van der Waals surface area contributed by atoms with E-state index in [9.17, 15) is 8.42 Å². The van der Waals surface area contributed by atoms with E-state index in [4.69, 9.17) is 16.3 Å². The molecule has 1 aromatic rings. The van der Waals surface area contributed by atoms with Gasteiger partial charge in [0.2, 0.25) is 0 Å². The number of hydrogen-bond donors (Lipinski definition) is 1. The number of sulfone groups is 1. The van der Waals surface area contributed by atoms with Gasteiger partial charge >= 0.3 is 0 Å². The lowest BCUT2D eigenvalue weighted by Crippen LogP contribution is -2.48. The van der Waals surface area contributed by atoms with Crippen molar-refractivity contribution < 1.29 is 13.2 Å². The molecule has 1 spiro atoms. The van der Waals surface area contributed by atoms with E-state index in [0.29, 0.717) is 19.1 Å². The topological polar surface area (TPSA) is 55.4 Å².